The van der Waals surface area contributed by atoms with Crippen LogP contribution < -0.4 is 5.32 Å². The van der Waals surface area contributed by atoms with Crippen molar-refractivity contribution in [3.63, 3.8) is 0 Å². The molecule has 1 heterocycles. The summed E-state index contributed by atoms with van der Waals surface area (Å²) in [5.74, 6) is -0.530. The third kappa shape index (κ3) is 3.69. The average Bonchev–Trinajstić information content (AvgIpc) is 3.02. The lowest BCUT2D eigenvalue weighted by atomic mass is 10.1. The summed E-state index contributed by atoms with van der Waals surface area (Å²) in [4.78, 5) is 12.0. The van der Waals surface area contributed by atoms with Gasteiger partial charge in [0, 0.05) is 11.3 Å². The van der Waals surface area contributed by atoms with Gasteiger partial charge in [0.2, 0.25) is 5.91 Å². The molecule has 5 heteroatoms. The Labute approximate surface area is 127 Å². The number of anilines is 1. The van der Waals surface area contributed by atoms with Gasteiger partial charge in [-0.1, -0.05) is 24.3 Å². The summed E-state index contributed by atoms with van der Waals surface area (Å²) in [7, 11) is 0. The molecule has 0 aliphatic carbocycles. The Balaban J connectivity index is 1.59. The highest BCUT2D eigenvalue weighted by molar-refractivity contribution is 5.92. The molecule has 22 heavy (non-hydrogen) atoms. The van der Waals surface area contributed by atoms with Crippen LogP contribution in [0.1, 0.15) is 17.4 Å². The van der Waals surface area contributed by atoms with E-state index in [4.69, 9.17) is 9.47 Å². The number of rotatable bonds is 4. The molecule has 0 unspecified atom stereocenters. The van der Waals surface area contributed by atoms with Crippen molar-refractivity contribution in [2.75, 3.05) is 18.5 Å². The summed E-state index contributed by atoms with van der Waals surface area (Å²) in [5, 5.41) is 2.78. The molecular weight excluding hydrogens is 285 g/mol. The van der Waals surface area contributed by atoms with Crippen LogP contribution >= 0.6 is 0 Å². The maximum atomic E-state index is 13.1. The molecule has 3 rings (SSSR count). The topological polar surface area (TPSA) is 47.6 Å². The number of halogens is 1. The molecule has 1 saturated heterocycles. The number of carbonyl (C=O) groups is 1. The van der Waals surface area contributed by atoms with E-state index in [1.54, 1.807) is 24.3 Å². The van der Waals surface area contributed by atoms with E-state index in [1.807, 2.05) is 12.1 Å². The number of hydrogen-bond acceptors (Lipinski definition) is 3. The van der Waals surface area contributed by atoms with E-state index in [0.717, 1.165) is 5.56 Å². The molecule has 1 N–H and O–H groups in total. The van der Waals surface area contributed by atoms with Crippen LogP contribution in [0.5, 0.6) is 0 Å². The van der Waals surface area contributed by atoms with Crippen molar-refractivity contribution >= 4 is 11.6 Å². The predicted octanol–water partition coefficient (Wildman–Crippen LogP) is 3.05. The standard InChI is InChI=1S/C17H16FNO3/c18-14-3-1-2-12(10-14)11-16(20)19-15-6-4-13(5-7-15)17-21-8-9-22-17/h1-7,10,17H,8-9,11H2,(H,19,20). The van der Waals surface area contributed by atoms with Crippen LogP contribution in [0.3, 0.4) is 0 Å². The molecule has 2 aromatic rings. The van der Waals surface area contributed by atoms with Crippen molar-refractivity contribution in [3.05, 3.63) is 65.5 Å². The Morgan fingerprint density at radius 3 is 2.55 bits per heavy atom. The first-order valence-electron chi connectivity index (χ1n) is 7.08. The Kier molecular flexibility index (Phi) is 4.46. The third-order valence-corrected chi connectivity index (χ3v) is 3.34. The van der Waals surface area contributed by atoms with Crippen LogP contribution in [-0.2, 0) is 20.7 Å². The zero-order chi connectivity index (χ0) is 15.4. The van der Waals surface area contributed by atoms with E-state index < -0.39 is 0 Å². The van der Waals surface area contributed by atoms with Gasteiger partial charge in [-0.2, -0.15) is 0 Å². The summed E-state index contributed by atoms with van der Waals surface area (Å²) in [6.07, 6.45) is -0.189. The molecule has 0 atom stereocenters. The molecular formula is C17H16FNO3. The normalized spacial score (nSPS) is 15.0. The minimum absolute atomic E-state index is 0.133. The molecule has 4 nitrogen and oxygen atoms in total. The van der Waals surface area contributed by atoms with Crippen LogP contribution in [0.4, 0.5) is 10.1 Å². The van der Waals surface area contributed by atoms with Gasteiger partial charge in [0.15, 0.2) is 6.29 Å². The Morgan fingerprint density at radius 1 is 1.14 bits per heavy atom. The Hall–Kier alpha value is -2.24. The van der Waals surface area contributed by atoms with Gasteiger partial charge >= 0.3 is 0 Å². The fraction of sp³-hybridized carbons (Fsp3) is 0.235. The number of ether oxygens (including phenoxy) is 2. The highest BCUT2D eigenvalue weighted by Crippen LogP contribution is 2.24. The van der Waals surface area contributed by atoms with Gasteiger partial charge in [0.05, 0.1) is 19.6 Å². The lowest BCUT2D eigenvalue weighted by Gasteiger charge is -2.10. The van der Waals surface area contributed by atoms with Gasteiger partial charge in [0.25, 0.3) is 0 Å². The summed E-state index contributed by atoms with van der Waals surface area (Å²) >= 11 is 0. The number of nitrogens with one attached hydrogen (secondary N) is 1. The lowest BCUT2D eigenvalue weighted by molar-refractivity contribution is -0.115. The van der Waals surface area contributed by atoms with Crippen molar-refractivity contribution in [2.24, 2.45) is 0 Å². The zero-order valence-electron chi connectivity index (χ0n) is 11.9. The van der Waals surface area contributed by atoms with Gasteiger partial charge in [-0.05, 0) is 29.8 Å². The van der Waals surface area contributed by atoms with Crippen LogP contribution in [0, 0.1) is 5.82 Å². The van der Waals surface area contributed by atoms with E-state index in [1.165, 1.54) is 12.1 Å². The van der Waals surface area contributed by atoms with Crippen LogP contribution in [0.2, 0.25) is 0 Å². The molecule has 0 radical (unpaired) electrons. The summed E-state index contributed by atoms with van der Waals surface area (Å²) in [5.41, 5.74) is 2.24. The zero-order valence-corrected chi connectivity index (χ0v) is 11.9. The maximum absolute atomic E-state index is 13.1. The van der Waals surface area contributed by atoms with Gasteiger partial charge in [-0.3, -0.25) is 4.79 Å². The van der Waals surface area contributed by atoms with Crippen LogP contribution in [0.15, 0.2) is 48.5 Å². The molecule has 0 bridgehead atoms. The molecule has 1 aliphatic rings. The molecule has 114 valence electrons. The van der Waals surface area contributed by atoms with Gasteiger partial charge in [-0.15, -0.1) is 0 Å². The number of amides is 1. The van der Waals surface area contributed by atoms with E-state index in [9.17, 15) is 9.18 Å². The van der Waals surface area contributed by atoms with Gasteiger partial charge in [0.1, 0.15) is 5.82 Å². The highest BCUT2D eigenvalue weighted by atomic mass is 19.1. The second-order valence-electron chi connectivity index (χ2n) is 5.05. The Morgan fingerprint density at radius 2 is 1.86 bits per heavy atom. The fourth-order valence-electron chi connectivity index (χ4n) is 2.31. The fourth-order valence-corrected chi connectivity index (χ4v) is 2.31. The maximum Gasteiger partial charge on any atom is 0.228 e. The number of hydrogen-bond donors (Lipinski definition) is 1. The molecule has 0 aromatic heterocycles. The van der Waals surface area contributed by atoms with E-state index in [-0.39, 0.29) is 24.4 Å². The van der Waals surface area contributed by atoms with E-state index in [0.29, 0.717) is 24.5 Å². The van der Waals surface area contributed by atoms with Crippen molar-refractivity contribution in [2.45, 2.75) is 12.7 Å². The monoisotopic (exact) mass is 301 g/mol. The number of carbonyl (C=O) groups excluding carboxylic acids is 1. The van der Waals surface area contributed by atoms with Crippen molar-refractivity contribution in [3.8, 4) is 0 Å². The summed E-state index contributed by atoms with van der Waals surface area (Å²) < 4.78 is 23.9. The average molecular weight is 301 g/mol. The van der Waals surface area contributed by atoms with Gasteiger partial charge in [-0.25, -0.2) is 4.39 Å². The molecule has 2 aromatic carbocycles. The Bertz CT molecular complexity index is 651. The van der Waals surface area contributed by atoms with Crippen LogP contribution in [-0.4, -0.2) is 19.1 Å². The minimum Gasteiger partial charge on any atom is -0.346 e. The predicted molar refractivity (Wildman–Crippen MR) is 79.8 cm³/mol. The minimum atomic E-state index is -0.341. The quantitative estimate of drug-likeness (QED) is 0.944. The molecule has 0 spiro atoms. The largest absolute Gasteiger partial charge is 0.346 e. The second kappa shape index (κ2) is 6.68. The van der Waals surface area contributed by atoms with Gasteiger partial charge < -0.3 is 14.8 Å². The second-order valence-corrected chi connectivity index (χ2v) is 5.05. The van der Waals surface area contributed by atoms with Crippen molar-refractivity contribution in [1.29, 1.82) is 0 Å². The smallest absolute Gasteiger partial charge is 0.228 e. The van der Waals surface area contributed by atoms with Crippen molar-refractivity contribution in [1.82, 2.24) is 0 Å². The first kappa shape index (κ1) is 14.7. The molecule has 1 fully saturated rings. The first-order chi connectivity index (χ1) is 10.7. The highest BCUT2D eigenvalue weighted by Gasteiger charge is 2.17. The van der Waals surface area contributed by atoms with Crippen LogP contribution in [0.25, 0.3) is 0 Å². The summed E-state index contributed by atoms with van der Waals surface area (Å²) in [6.45, 7) is 1.19. The first-order valence-corrected chi connectivity index (χ1v) is 7.08. The van der Waals surface area contributed by atoms with E-state index >= 15 is 0 Å². The molecule has 1 amide bonds. The van der Waals surface area contributed by atoms with Crippen molar-refractivity contribution < 1.29 is 18.7 Å². The number of benzene rings is 2. The SMILES string of the molecule is O=C(Cc1cccc(F)c1)Nc1ccc(C2OCCO2)cc1. The molecule has 1 aliphatic heterocycles. The lowest BCUT2D eigenvalue weighted by Crippen LogP contribution is -2.14. The third-order valence-electron chi connectivity index (χ3n) is 3.34. The van der Waals surface area contributed by atoms with E-state index in [2.05, 4.69) is 5.32 Å². The molecule has 0 saturated carbocycles. The summed E-state index contributed by atoms with van der Waals surface area (Å²) in [6, 6.07) is 13.3.